The van der Waals surface area contributed by atoms with Crippen molar-refractivity contribution in [1.82, 2.24) is 10.2 Å². The van der Waals surface area contributed by atoms with Crippen LogP contribution in [0.25, 0.3) is 0 Å². The van der Waals surface area contributed by atoms with E-state index in [1.807, 2.05) is 31.2 Å². The summed E-state index contributed by atoms with van der Waals surface area (Å²) in [5, 5.41) is 7.70. The van der Waals surface area contributed by atoms with E-state index in [-0.39, 0.29) is 17.6 Å². The van der Waals surface area contributed by atoms with Gasteiger partial charge in [-0.25, -0.2) is 8.42 Å². The number of anilines is 1. The third kappa shape index (κ3) is 6.33. The number of ketones is 1. The predicted octanol–water partition coefficient (Wildman–Crippen LogP) is 3.69. The largest absolute Gasteiger partial charge is 0.484 e. The van der Waals surface area contributed by atoms with Crippen molar-refractivity contribution in [3.05, 3.63) is 65.5 Å². The van der Waals surface area contributed by atoms with Crippen LogP contribution in [0.2, 0.25) is 0 Å². The Morgan fingerprint density at radius 1 is 1.13 bits per heavy atom. The number of carbonyl (C=O) groups is 1. The van der Waals surface area contributed by atoms with Gasteiger partial charge in [0, 0.05) is 11.3 Å². The fourth-order valence-electron chi connectivity index (χ4n) is 2.48. The summed E-state index contributed by atoms with van der Waals surface area (Å²) in [6.07, 6.45) is 1.06. The second-order valence-electron chi connectivity index (χ2n) is 6.64. The van der Waals surface area contributed by atoms with Crippen LogP contribution in [0.4, 0.5) is 5.69 Å². The Labute approximate surface area is 179 Å². The van der Waals surface area contributed by atoms with Gasteiger partial charge in [0.25, 0.3) is 11.1 Å². The van der Waals surface area contributed by atoms with Crippen LogP contribution in [0, 0.1) is 6.92 Å². The van der Waals surface area contributed by atoms with Crippen LogP contribution in [0.1, 0.15) is 28.7 Å². The minimum atomic E-state index is -3.37. The van der Waals surface area contributed by atoms with Crippen LogP contribution >= 0.6 is 11.8 Å². The molecule has 0 saturated carbocycles. The maximum absolute atomic E-state index is 12.6. The molecule has 1 N–H and O–H groups in total. The molecule has 1 heterocycles. The minimum Gasteiger partial charge on any atom is -0.484 e. The average molecular weight is 448 g/mol. The van der Waals surface area contributed by atoms with Crippen molar-refractivity contribution in [2.45, 2.75) is 30.9 Å². The van der Waals surface area contributed by atoms with Gasteiger partial charge in [0.05, 0.1) is 11.5 Å². The number of benzene rings is 2. The van der Waals surface area contributed by atoms with Gasteiger partial charge in [-0.2, -0.15) is 0 Å². The van der Waals surface area contributed by atoms with Gasteiger partial charge >= 0.3 is 0 Å². The van der Waals surface area contributed by atoms with Gasteiger partial charge in [0.1, 0.15) is 5.75 Å². The number of nitrogens with zero attached hydrogens (tertiary/aromatic N) is 2. The lowest BCUT2D eigenvalue weighted by Gasteiger charge is -2.09. The number of carbonyl (C=O) groups excluding carboxylic acids is 1. The normalized spacial score (nSPS) is 12.4. The average Bonchev–Trinajstić information content (AvgIpc) is 3.13. The van der Waals surface area contributed by atoms with E-state index in [1.165, 1.54) is 0 Å². The van der Waals surface area contributed by atoms with E-state index in [0.717, 1.165) is 23.6 Å². The second-order valence-corrected chi connectivity index (χ2v) is 9.68. The molecule has 30 heavy (non-hydrogen) atoms. The molecule has 10 heteroatoms. The number of aromatic nitrogens is 2. The van der Waals surface area contributed by atoms with E-state index in [0.29, 0.717) is 22.9 Å². The zero-order chi connectivity index (χ0) is 21.7. The van der Waals surface area contributed by atoms with Gasteiger partial charge < -0.3 is 9.15 Å². The molecule has 0 bridgehead atoms. The molecule has 0 radical (unpaired) electrons. The monoisotopic (exact) mass is 447 g/mol. The summed E-state index contributed by atoms with van der Waals surface area (Å²) in [5.41, 5.74) is 1.99. The van der Waals surface area contributed by atoms with Gasteiger partial charge in [-0.1, -0.05) is 29.5 Å². The number of nitrogens with one attached hydrogen (secondary N) is 1. The number of ether oxygens (including phenoxy) is 1. The minimum absolute atomic E-state index is 0.133. The first-order valence-corrected chi connectivity index (χ1v) is 11.8. The number of thioether (sulfide) groups is 1. The molecule has 1 atom stereocenters. The standard InChI is InChI=1S/C20H21N3O5S2/c1-13-4-10-17(11-5-13)27-12-18-21-22-20(28-18)29-14(2)19(24)15-6-8-16(9-7-15)23-30(3,25)26/h4-11,14,23H,12H2,1-3H3. The second kappa shape index (κ2) is 9.31. The Morgan fingerprint density at radius 2 is 1.80 bits per heavy atom. The topological polar surface area (TPSA) is 111 Å². The number of aryl methyl sites for hydroxylation is 1. The third-order valence-corrected chi connectivity index (χ3v) is 5.49. The van der Waals surface area contributed by atoms with Gasteiger partial charge in [0.15, 0.2) is 12.4 Å². The molecule has 1 unspecified atom stereocenters. The summed E-state index contributed by atoms with van der Waals surface area (Å²) in [7, 11) is -3.37. The summed E-state index contributed by atoms with van der Waals surface area (Å²) >= 11 is 1.15. The first-order valence-electron chi connectivity index (χ1n) is 9.00. The van der Waals surface area contributed by atoms with Crippen LogP contribution in [0.15, 0.2) is 58.2 Å². The molecular formula is C20H21N3O5S2. The molecule has 0 saturated heterocycles. The molecule has 0 aliphatic heterocycles. The number of hydrogen-bond donors (Lipinski definition) is 1. The molecular weight excluding hydrogens is 426 g/mol. The van der Waals surface area contributed by atoms with Crippen molar-refractivity contribution in [2.75, 3.05) is 11.0 Å². The predicted molar refractivity (Wildman–Crippen MR) is 114 cm³/mol. The molecule has 3 aromatic rings. The highest BCUT2D eigenvalue weighted by Crippen LogP contribution is 2.25. The highest BCUT2D eigenvalue weighted by Gasteiger charge is 2.20. The highest BCUT2D eigenvalue weighted by atomic mass is 32.2. The van der Waals surface area contributed by atoms with Crippen LogP contribution in [-0.4, -0.2) is 35.9 Å². The van der Waals surface area contributed by atoms with Crippen molar-refractivity contribution in [3.63, 3.8) is 0 Å². The van der Waals surface area contributed by atoms with Crippen molar-refractivity contribution in [2.24, 2.45) is 0 Å². The first-order chi connectivity index (χ1) is 14.2. The molecule has 158 valence electrons. The lowest BCUT2D eigenvalue weighted by molar-refractivity contribution is 0.0993. The van der Waals surface area contributed by atoms with Crippen LogP contribution < -0.4 is 9.46 Å². The molecule has 0 aliphatic rings. The van der Waals surface area contributed by atoms with Gasteiger partial charge in [0.2, 0.25) is 10.0 Å². The van der Waals surface area contributed by atoms with E-state index >= 15 is 0 Å². The summed E-state index contributed by atoms with van der Waals surface area (Å²) in [5.74, 6) is 0.876. The number of hydrogen-bond acceptors (Lipinski definition) is 8. The maximum atomic E-state index is 12.6. The van der Waals surface area contributed by atoms with E-state index < -0.39 is 15.3 Å². The first kappa shape index (κ1) is 21.8. The lowest BCUT2D eigenvalue weighted by atomic mass is 10.1. The molecule has 0 amide bonds. The number of rotatable bonds is 9. The van der Waals surface area contributed by atoms with E-state index in [4.69, 9.17) is 9.15 Å². The molecule has 0 fully saturated rings. The van der Waals surface area contributed by atoms with Crippen LogP contribution in [-0.2, 0) is 16.6 Å². The smallest absolute Gasteiger partial charge is 0.277 e. The Balaban J connectivity index is 1.55. The molecule has 2 aromatic carbocycles. The summed E-state index contributed by atoms with van der Waals surface area (Å²) in [6.45, 7) is 3.87. The van der Waals surface area contributed by atoms with Gasteiger partial charge in [-0.05, 0) is 50.2 Å². The molecule has 8 nitrogen and oxygen atoms in total. The lowest BCUT2D eigenvalue weighted by Crippen LogP contribution is -2.14. The van der Waals surface area contributed by atoms with Crippen LogP contribution in [0.5, 0.6) is 5.75 Å². The molecule has 3 rings (SSSR count). The SMILES string of the molecule is Cc1ccc(OCc2nnc(SC(C)C(=O)c3ccc(NS(C)(=O)=O)cc3)o2)cc1. The zero-order valence-corrected chi connectivity index (χ0v) is 18.3. The molecule has 0 aliphatic carbocycles. The van der Waals surface area contributed by atoms with Crippen molar-refractivity contribution in [3.8, 4) is 5.75 Å². The zero-order valence-electron chi connectivity index (χ0n) is 16.7. The Morgan fingerprint density at radius 3 is 2.43 bits per heavy atom. The van der Waals surface area contributed by atoms with Crippen molar-refractivity contribution < 1.29 is 22.4 Å². The summed E-state index contributed by atoms with van der Waals surface area (Å²) in [6, 6.07) is 13.8. The maximum Gasteiger partial charge on any atom is 0.277 e. The Hall–Kier alpha value is -2.85. The summed E-state index contributed by atoms with van der Waals surface area (Å²) < 4.78 is 36.0. The van der Waals surface area contributed by atoms with Crippen molar-refractivity contribution in [1.29, 1.82) is 0 Å². The van der Waals surface area contributed by atoms with E-state index in [2.05, 4.69) is 14.9 Å². The number of Topliss-reactive ketones (excluding diaryl/α,β-unsaturated/α-hetero) is 1. The van der Waals surface area contributed by atoms with E-state index in [1.54, 1.807) is 31.2 Å². The van der Waals surface area contributed by atoms with Crippen molar-refractivity contribution >= 4 is 33.3 Å². The van der Waals surface area contributed by atoms with Gasteiger partial charge in [-0.3, -0.25) is 9.52 Å². The molecule has 0 spiro atoms. The fourth-order valence-corrected chi connectivity index (χ4v) is 3.82. The van der Waals surface area contributed by atoms with E-state index in [9.17, 15) is 13.2 Å². The third-order valence-electron chi connectivity index (χ3n) is 3.95. The van der Waals surface area contributed by atoms with Crippen LogP contribution in [0.3, 0.4) is 0 Å². The highest BCUT2D eigenvalue weighted by molar-refractivity contribution is 8.00. The molecule has 1 aromatic heterocycles. The summed E-state index contributed by atoms with van der Waals surface area (Å²) in [4.78, 5) is 12.6. The Kier molecular flexibility index (Phi) is 6.78. The Bertz CT molecular complexity index is 1110. The fraction of sp³-hybridized carbons (Fsp3) is 0.250. The number of sulfonamides is 1. The quantitative estimate of drug-likeness (QED) is 0.390. The van der Waals surface area contributed by atoms with Gasteiger partial charge in [-0.15, -0.1) is 10.2 Å².